The van der Waals surface area contributed by atoms with Crippen molar-refractivity contribution < 1.29 is 9.66 Å². The summed E-state index contributed by atoms with van der Waals surface area (Å²) in [6.07, 6.45) is 2.22. The second kappa shape index (κ2) is 6.51. The van der Waals surface area contributed by atoms with Crippen LogP contribution in [0.1, 0.15) is 5.56 Å². The number of nitrogens with zero attached hydrogens (tertiary/aromatic N) is 2. The van der Waals surface area contributed by atoms with Crippen LogP contribution in [0.4, 0.5) is 11.5 Å². The maximum atomic E-state index is 10.6. The highest BCUT2D eigenvalue weighted by atomic mass is 16.6. The number of nitrogens with one attached hydrogen (secondary N) is 1. The highest BCUT2D eigenvalue weighted by Crippen LogP contribution is 2.15. The molecule has 2 aromatic rings. The van der Waals surface area contributed by atoms with Crippen LogP contribution in [0.25, 0.3) is 0 Å². The maximum absolute atomic E-state index is 10.6. The first-order chi connectivity index (χ1) is 9.69. The van der Waals surface area contributed by atoms with E-state index in [1.165, 1.54) is 18.3 Å². The lowest BCUT2D eigenvalue weighted by atomic mass is 10.1. The van der Waals surface area contributed by atoms with E-state index < -0.39 is 4.92 Å². The number of rotatable bonds is 6. The maximum Gasteiger partial charge on any atom is 0.274 e. The molecule has 0 saturated heterocycles. The van der Waals surface area contributed by atoms with Crippen LogP contribution in [0.3, 0.4) is 0 Å². The monoisotopic (exact) mass is 273 g/mol. The van der Waals surface area contributed by atoms with E-state index in [0.29, 0.717) is 12.4 Å². The van der Waals surface area contributed by atoms with Gasteiger partial charge in [-0.1, -0.05) is 12.1 Å². The predicted molar refractivity (Wildman–Crippen MR) is 76.1 cm³/mol. The lowest BCUT2D eigenvalue weighted by Crippen LogP contribution is -2.06. The van der Waals surface area contributed by atoms with Crippen LogP contribution in [0.2, 0.25) is 0 Å². The topological polar surface area (TPSA) is 77.3 Å². The summed E-state index contributed by atoms with van der Waals surface area (Å²) in [4.78, 5) is 14.3. The Morgan fingerprint density at radius 3 is 2.70 bits per heavy atom. The van der Waals surface area contributed by atoms with Gasteiger partial charge in [0.25, 0.3) is 5.69 Å². The van der Waals surface area contributed by atoms with Gasteiger partial charge >= 0.3 is 0 Å². The SMILES string of the molecule is COc1ccc(CCNc2cc([N+](=O)[O-])ccn2)cc1. The molecule has 0 bridgehead atoms. The zero-order valence-corrected chi connectivity index (χ0v) is 11.1. The van der Waals surface area contributed by atoms with Crippen LogP contribution >= 0.6 is 0 Å². The standard InChI is InChI=1S/C14H15N3O3/c1-20-13-4-2-11(3-5-13)6-8-15-14-10-12(17(18)19)7-9-16-14/h2-5,7,9-10H,6,8H2,1H3,(H,15,16). The molecular weight excluding hydrogens is 258 g/mol. The van der Waals surface area contributed by atoms with Gasteiger partial charge in [0.05, 0.1) is 18.1 Å². The van der Waals surface area contributed by atoms with Crippen LogP contribution in [0.15, 0.2) is 42.6 Å². The van der Waals surface area contributed by atoms with E-state index in [9.17, 15) is 10.1 Å². The highest BCUT2D eigenvalue weighted by molar-refractivity contribution is 5.44. The van der Waals surface area contributed by atoms with Gasteiger partial charge in [0.2, 0.25) is 0 Å². The van der Waals surface area contributed by atoms with E-state index >= 15 is 0 Å². The van der Waals surface area contributed by atoms with Crippen molar-refractivity contribution in [3.8, 4) is 5.75 Å². The Bertz CT molecular complexity index is 584. The first-order valence-corrected chi connectivity index (χ1v) is 6.16. The summed E-state index contributed by atoms with van der Waals surface area (Å²) in [6.45, 7) is 0.653. The van der Waals surface area contributed by atoms with Gasteiger partial charge < -0.3 is 10.1 Å². The average molecular weight is 273 g/mol. The van der Waals surface area contributed by atoms with Crippen molar-refractivity contribution in [1.29, 1.82) is 0 Å². The van der Waals surface area contributed by atoms with Crippen LogP contribution in [0, 0.1) is 10.1 Å². The van der Waals surface area contributed by atoms with Gasteiger partial charge in [-0.25, -0.2) is 4.98 Å². The van der Waals surface area contributed by atoms with E-state index in [1.807, 2.05) is 24.3 Å². The van der Waals surface area contributed by atoms with Crippen LogP contribution in [-0.2, 0) is 6.42 Å². The molecule has 0 radical (unpaired) electrons. The molecule has 0 aliphatic rings. The smallest absolute Gasteiger partial charge is 0.274 e. The zero-order valence-electron chi connectivity index (χ0n) is 11.1. The summed E-state index contributed by atoms with van der Waals surface area (Å²) in [7, 11) is 1.63. The third kappa shape index (κ3) is 3.68. The van der Waals surface area contributed by atoms with Crippen molar-refractivity contribution in [1.82, 2.24) is 4.98 Å². The van der Waals surface area contributed by atoms with E-state index in [4.69, 9.17) is 4.74 Å². The first-order valence-electron chi connectivity index (χ1n) is 6.16. The van der Waals surface area contributed by atoms with Crippen molar-refractivity contribution in [2.75, 3.05) is 19.0 Å². The third-order valence-corrected chi connectivity index (χ3v) is 2.83. The highest BCUT2D eigenvalue weighted by Gasteiger charge is 2.06. The van der Waals surface area contributed by atoms with Gasteiger partial charge in [-0.05, 0) is 24.1 Å². The molecule has 2 rings (SSSR count). The number of hydrogen-bond acceptors (Lipinski definition) is 5. The third-order valence-electron chi connectivity index (χ3n) is 2.83. The minimum Gasteiger partial charge on any atom is -0.497 e. The molecule has 1 heterocycles. The summed E-state index contributed by atoms with van der Waals surface area (Å²) in [5.74, 6) is 1.33. The minimum absolute atomic E-state index is 0.0342. The second-order valence-electron chi connectivity index (χ2n) is 4.18. The van der Waals surface area contributed by atoms with E-state index in [1.54, 1.807) is 7.11 Å². The van der Waals surface area contributed by atoms with Gasteiger partial charge in [-0.3, -0.25) is 10.1 Å². The van der Waals surface area contributed by atoms with Crippen molar-refractivity contribution in [3.63, 3.8) is 0 Å². The number of benzene rings is 1. The number of ether oxygens (including phenoxy) is 1. The minimum atomic E-state index is -0.434. The first kappa shape index (κ1) is 13.8. The Hall–Kier alpha value is -2.63. The largest absolute Gasteiger partial charge is 0.497 e. The molecule has 1 aromatic carbocycles. The molecule has 6 heteroatoms. The van der Waals surface area contributed by atoms with Gasteiger partial charge in [0.1, 0.15) is 11.6 Å². The van der Waals surface area contributed by atoms with Crippen molar-refractivity contribution in [2.45, 2.75) is 6.42 Å². The molecule has 0 spiro atoms. The normalized spacial score (nSPS) is 10.1. The molecule has 1 aromatic heterocycles. The summed E-state index contributed by atoms with van der Waals surface area (Å²) in [5.41, 5.74) is 1.19. The average Bonchev–Trinajstić information content (AvgIpc) is 2.48. The van der Waals surface area contributed by atoms with Crippen molar-refractivity contribution in [2.24, 2.45) is 0 Å². The Morgan fingerprint density at radius 2 is 2.05 bits per heavy atom. The molecule has 0 aliphatic heterocycles. The Balaban J connectivity index is 1.88. The number of nitro groups is 1. The molecule has 0 aliphatic carbocycles. The Kier molecular flexibility index (Phi) is 4.49. The fraction of sp³-hybridized carbons (Fsp3) is 0.214. The molecule has 0 atom stereocenters. The van der Waals surface area contributed by atoms with Crippen molar-refractivity contribution in [3.05, 3.63) is 58.3 Å². The summed E-state index contributed by atoms with van der Waals surface area (Å²) < 4.78 is 5.09. The van der Waals surface area contributed by atoms with Gasteiger partial charge in [-0.2, -0.15) is 0 Å². The predicted octanol–water partition coefficient (Wildman–Crippen LogP) is 2.65. The lowest BCUT2D eigenvalue weighted by molar-refractivity contribution is -0.384. The zero-order chi connectivity index (χ0) is 14.4. The fourth-order valence-corrected chi connectivity index (χ4v) is 1.76. The lowest BCUT2D eigenvalue weighted by Gasteiger charge is -2.06. The van der Waals surface area contributed by atoms with Crippen LogP contribution in [0.5, 0.6) is 5.75 Å². The summed E-state index contributed by atoms with van der Waals surface area (Å²) in [6, 6.07) is 10.6. The molecule has 104 valence electrons. The number of pyridine rings is 1. The molecule has 1 N–H and O–H groups in total. The molecule has 0 saturated carbocycles. The quantitative estimate of drug-likeness (QED) is 0.646. The van der Waals surface area contributed by atoms with Gasteiger partial charge in [0, 0.05) is 18.8 Å². The van der Waals surface area contributed by atoms with E-state index in [0.717, 1.165) is 17.7 Å². The molecule has 0 amide bonds. The Morgan fingerprint density at radius 1 is 1.30 bits per heavy atom. The van der Waals surface area contributed by atoms with Crippen LogP contribution < -0.4 is 10.1 Å². The van der Waals surface area contributed by atoms with Crippen LogP contribution in [-0.4, -0.2) is 23.6 Å². The van der Waals surface area contributed by atoms with E-state index in [-0.39, 0.29) is 5.69 Å². The number of anilines is 1. The molecule has 6 nitrogen and oxygen atoms in total. The molecule has 20 heavy (non-hydrogen) atoms. The van der Waals surface area contributed by atoms with Gasteiger partial charge in [-0.15, -0.1) is 0 Å². The number of methoxy groups -OCH3 is 1. The molecule has 0 fully saturated rings. The Labute approximate surface area is 116 Å². The summed E-state index contributed by atoms with van der Waals surface area (Å²) in [5, 5.41) is 13.7. The van der Waals surface area contributed by atoms with Crippen molar-refractivity contribution >= 4 is 11.5 Å². The second-order valence-corrected chi connectivity index (χ2v) is 4.18. The molecule has 0 unspecified atom stereocenters. The molecular formula is C14H15N3O3. The number of aromatic nitrogens is 1. The van der Waals surface area contributed by atoms with Gasteiger partial charge in [0.15, 0.2) is 0 Å². The van der Waals surface area contributed by atoms with E-state index in [2.05, 4.69) is 10.3 Å². The fourth-order valence-electron chi connectivity index (χ4n) is 1.76. The number of hydrogen-bond donors (Lipinski definition) is 1. The summed E-state index contributed by atoms with van der Waals surface area (Å²) >= 11 is 0.